The number of hydrogen-bond acceptors (Lipinski definition) is 7. The first-order valence-electron chi connectivity index (χ1n) is 8.80. The van der Waals surface area contributed by atoms with Gasteiger partial charge in [0.05, 0.1) is 12.6 Å². The van der Waals surface area contributed by atoms with Crippen LogP contribution in [0.5, 0.6) is 0 Å². The van der Waals surface area contributed by atoms with Gasteiger partial charge in [-0.3, -0.25) is 19.2 Å². The zero-order chi connectivity index (χ0) is 21.4. The Balaban J connectivity index is 2.67. The molecular formula is C16H26N4O8. The van der Waals surface area contributed by atoms with E-state index >= 15 is 0 Å². The number of amides is 3. The molecule has 158 valence electrons. The van der Waals surface area contributed by atoms with E-state index < -0.39 is 60.4 Å². The Morgan fingerprint density at radius 2 is 1.82 bits per heavy atom. The Labute approximate surface area is 161 Å². The molecule has 1 rings (SSSR count). The summed E-state index contributed by atoms with van der Waals surface area (Å²) in [6, 6.07) is -4.50. The summed E-state index contributed by atoms with van der Waals surface area (Å²) in [5, 5.41) is 31.1. The molecule has 1 aliphatic rings. The molecule has 0 bridgehead atoms. The molecule has 0 aromatic carbocycles. The molecule has 0 aromatic rings. The number of likely N-dealkylation sites (tertiary alicyclic amines) is 1. The van der Waals surface area contributed by atoms with Crippen LogP contribution in [-0.2, 0) is 24.0 Å². The van der Waals surface area contributed by atoms with Crippen molar-refractivity contribution in [2.45, 2.75) is 56.8 Å². The lowest BCUT2D eigenvalue weighted by molar-refractivity contribution is -0.145. The maximum Gasteiger partial charge on any atom is 0.328 e. The van der Waals surface area contributed by atoms with Crippen LogP contribution in [0.4, 0.5) is 0 Å². The molecule has 0 spiro atoms. The number of nitrogens with zero attached hydrogens (tertiary/aromatic N) is 1. The fourth-order valence-electron chi connectivity index (χ4n) is 2.80. The highest BCUT2D eigenvalue weighted by Gasteiger charge is 2.37. The van der Waals surface area contributed by atoms with Crippen LogP contribution >= 0.6 is 0 Å². The number of carbonyl (C=O) groups is 5. The third-order valence-corrected chi connectivity index (χ3v) is 4.37. The molecule has 28 heavy (non-hydrogen) atoms. The third-order valence-electron chi connectivity index (χ3n) is 4.37. The molecule has 1 aliphatic heterocycles. The first-order valence-corrected chi connectivity index (χ1v) is 8.80. The van der Waals surface area contributed by atoms with Gasteiger partial charge in [-0.15, -0.1) is 0 Å². The second-order valence-corrected chi connectivity index (χ2v) is 6.54. The first kappa shape index (κ1) is 23.3. The minimum Gasteiger partial charge on any atom is -0.481 e. The number of nitrogens with one attached hydrogen (secondary N) is 2. The zero-order valence-electron chi connectivity index (χ0n) is 15.5. The molecule has 0 unspecified atom stereocenters. The van der Waals surface area contributed by atoms with Gasteiger partial charge in [0.25, 0.3) is 0 Å². The van der Waals surface area contributed by atoms with Crippen LogP contribution in [-0.4, -0.2) is 87.2 Å². The monoisotopic (exact) mass is 402 g/mol. The van der Waals surface area contributed by atoms with Gasteiger partial charge < -0.3 is 36.6 Å². The molecule has 0 radical (unpaired) electrons. The van der Waals surface area contributed by atoms with Crippen LogP contribution in [0, 0.1) is 0 Å². The molecule has 4 atom stereocenters. The predicted molar refractivity (Wildman–Crippen MR) is 93.8 cm³/mol. The molecule has 3 amide bonds. The summed E-state index contributed by atoms with van der Waals surface area (Å²) < 4.78 is 0. The second kappa shape index (κ2) is 10.6. The van der Waals surface area contributed by atoms with Crippen molar-refractivity contribution in [3.05, 3.63) is 0 Å². The molecule has 0 aliphatic carbocycles. The average Bonchev–Trinajstić information content (AvgIpc) is 3.12. The van der Waals surface area contributed by atoms with Crippen molar-refractivity contribution in [2.75, 3.05) is 13.2 Å². The smallest absolute Gasteiger partial charge is 0.328 e. The fraction of sp³-hybridized carbons (Fsp3) is 0.688. The minimum atomic E-state index is -1.48. The van der Waals surface area contributed by atoms with Gasteiger partial charge in [-0.1, -0.05) is 0 Å². The molecule has 0 saturated carbocycles. The van der Waals surface area contributed by atoms with Gasteiger partial charge in [-0.25, -0.2) is 4.79 Å². The average molecular weight is 402 g/mol. The lowest BCUT2D eigenvalue weighted by Crippen LogP contribution is -2.56. The SMILES string of the molecule is C[C@H](NC(=O)[C@@H](N)CCC(=O)O)C(=O)N1CCC[C@H]1C(=O)N[C@@H](CO)C(=O)O. The highest BCUT2D eigenvalue weighted by molar-refractivity contribution is 5.94. The summed E-state index contributed by atoms with van der Waals surface area (Å²) in [5.74, 6) is -4.44. The highest BCUT2D eigenvalue weighted by atomic mass is 16.4. The second-order valence-electron chi connectivity index (χ2n) is 6.54. The van der Waals surface area contributed by atoms with Crippen LogP contribution in [0.2, 0.25) is 0 Å². The number of aliphatic hydroxyl groups is 1. The number of rotatable bonds is 10. The Hall–Kier alpha value is -2.73. The third kappa shape index (κ3) is 6.46. The van der Waals surface area contributed by atoms with Gasteiger partial charge in [0.15, 0.2) is 0 Å². The zero-order valence-corrected chi connectivity index (χ0v) is 15.5. The van der Waals surface area contributed by atoms with Gasteiger partial charge in [-0.2, -0.15) is 0 Å². The summed E-state index contributed by atoms with van der Waals surface area (Å²) in [5.41, 5.74) is 5.60. The quantitative estimate of drug-likeness (QED) is 0.224. The minimum absolute atomic E-state index is 0.0887. The van der Waals surface area contributed by atoms with Crippen molar-refractivity contribution < 1.29 is 39.3 Å². The molecule has 12 nitrogen and oxygen atoms in total. The van der Waals surface area contributed by atoms with Crippen molar-refractivity contribution in [1.82, 2.24) is 15.5 Å². The molecule has 12 heteroatoms. The fourth-order valence-corrected chi connectivity index (χ4v) is 2.80. The van der Waals surface area contributed by atoms with E-state index in [1.165, 1.54) is 11.8 Å². The van der Waals surface area contributed by atoms with Crippen LogP contribution in [0.3, 0.4) is 0 Å². The van der Waals surface area contributed by atoms with Crippen LogP contribution in [0.15, 0.2) is 0 Å². The molecule has 7 N–H and O–H groups in total. The number of aliphatic carboxylic acids is 2. The number of carboxylic acid groups (broad SMARTS) is 2. The molecule has 1 heterocycles. The Morgan fingerprint density at radius 3 is 2.36 bits per heavy atom. The molecule has 1 fully saturated rings. The van der Waals surface area contributed by atoms with Crippen molar-refractivity contribution in [2.24, 2.45) is 5.73 Å². The predicted octanol–water partition coefficient (Wildman–Crippen LogP) is -2.76. The summed E-state index contributed by atoms with van der Waals surface area (Å²) in [7, 11) is 0. The highest BCUT2D eigenvalue weighted by Crippen LogP contribution is 2.19. The summed E-state index contributed by atoms with van der Waals surface area (Å²) in [4.78, 5) is 59.6. The van der Waals surface area contributed by atoms with Gasteiger partial charge >= 0.3 is 11.9 Å². The summed E-state index contributed by atoms with van der Waals surface area (Å²) >= 11 is 0. The Kier molecular flexibility index (Phi) is 8.79. The van der Waals surface area contributed by atoms with E-state index in [4.69, 9.17) is 21.1 Å². The lowest BCUT2D eigenvalue weighted by atomic mass is 10.1. The summed E-state index contributed by atoms with van der Waals surface area (Å²) in [6.07, 6.45) is 0.447. The van der Waals surface area contributed by atoms with Gasteiger partial charge in [0, 0.05) is 13.0 Å². The van der Waals surface area contributed by atoms with E-state index in [0.29, 0.717) is 12.8 Å². The van der Waals surface area contributed by atoms with E-state index in [2.05, 4.69) is 10.6 Å². The largest absolute Gasteiger partial charge is 0.481 e. The van der Waals surface area contributed by atoms with E-state index in [0.717, 1.165) is 0 Å². The standard InChI is InChI=1S/C16H26N4O8/c1-8(18-13(24)9(17)4-5-12(22)23)15(26)20-6-2-3-11(20)14(25)19-10(7-21)16(27)28/h8-11,21H,2-7,17H2,1H3,(H,18,24)(H,19,25)(H,22,23)(H,27,28)/t8-,9-,10-,11-/m0/s1. The van der Waals surface area contributed by atoms with E-state index in [-0.39, 0.29) is 19.4 Å². The molecule has 0 aromatic heterocycles. The van der Waals surface area contributed by atoms with E-state index in [1.807, 2.05) is 0 Å². The Bertz CT molecular complexity index is 626. The molecule has 1 saturated heterocycles. The number of aliphatic hydroxyl groups excluding tert-OH is 1. The lowest BCUT2D eigenvalue weighted by Gasteiger charge is -2.28. The van der Waals surface area contributed by atoms with Crippen LogP contribution < -0.4 is 16.4 Å². The Morgan fingerprint density at radius 1 is 1.18 bits per heavy atom. The maximum atomic E-state index is 12.6. The van der Waals surface area contributed by atoms with Gasteiger partial charge in [0.1, 0.15) is 18.1 Å². The summed E-state index contributed by atoms with van der Waals surface area (Å²) in [6.45, 7) is 0.868. The molecular weight excluding hydrogens is 376 g/mol. The normalized spacial score (nSPS) is 19.4. The maximum absolute atomic E-state index is 12.6. The van der Waals surface area contributed by atoms with E-state index in [9.17, 15) is 24.0 Å². The van der Waals surface area contributed by atoms with Crippen LogP contribution in [0.25, 0.3) is 0 Å². The van der Waals surface area contributed by atoms with Crippen molar-refractivity contribution in [1.29, 1.82) is 0 Å². The topological polar surface area (TPSA) is 199 Å². The first-order chi connectivity index (χ1) is 13.1. The number of carboxylic acids is 2. The number of hydrogen-bond donors (Lipinski definition) is 6. The van der Waals surface area contributed by atoms with Crippen molar-refractivity contribution in [3.63, 3.8) is 0 Å². The van der Waals surface area contributed by atoms with Crippen molar-refractivity contribution >= 4 is 29.7 Å². The van der Waals surface area contributed by atoms with Crippen LogP contribution in [0.1, 0.15) is 32.6 Å². The number of carbonyl (C=O) groups excluding carboxylic acids is 3. The number of nitrogens with two attached hydrogens (primary N) is 1. The van der Waals surface area contributed by atoms with E-state index in [1.54, 1.807) is 0 Å². The van der Waals surface area contributed by atoms with Gasteiger partial charge in [0.2, 0.25) is 17.7 Å². The van der Waals surface area contributed by atoms with Crippen molar-refractivity contribution in [3.8, 4) is 0 Å². The van der Waals surface area contributed by atoms with Gasteiger partial charge in [-0.05, 0) is 26.2 Å².